The zero-order valence-corrected chi connectivity index (χ0v) is 12.3. The van der Waals surface area contributed by atoms with Crippen LogP contribution in [0.3, 0.4) is 0 Å². The van der Waals surface area contributed by atoms with Crippen LogP contribution in [0.4, 0.5) is 5.69 Å². The Bertz CT molecular complexity index is 611. The topological polar surface area (TPSA) is 61.4 Å². The number of phenols is 1. The summed E-state index contributed by atoms with van der Waals surface area (Å²) in [7, 11) is 0. The molecule has 0 radical (unpaired) electrons. The van der Waals surface area contributed by atoms with E-state index in [0.29, 0.717) is 12.2 Å². The van der Waals surface area contributed by atoms with Crippen molar-refractivity contribution in [2.45, 2.75) is 26.4 Å². The first kappa shape index (κ1) is 15.1. The maximum absolute atomic E-state index is 11.1. The summed E-state index contributed by atoms with van der Waals surface area (Å²) in [5.74, 6) is 0.0918. The smallest absolute Gasteiger partial charge is 0.221 e. The Morgan fingerprint density at radius 2 is 1.90 bits per heavy atom. The lowest BCUT2D eigenvalue weighted by molar-refractivity contribution is -0.114. The summed E-state index contributed by atoms with van der Waals surface area (Å²) in [5.41, 5.74) is 2.63. The fourth-order valence-corrected chi connectivity index (χ4v) is 2.13. The second-order valence-electron chi connectivity index (χ2n) is 5.04. The number of anilines is 1. The zero-order valence-electron chi connectivity index (χ0n) is 12.3. The molecule has 0 saturated heterocycles. The highest BCUT2D eigenvalue weighted by molar-refractivity contribution is 5.88. The van der Waals surface area contributed by atoms with Gasteiger partial charge < -0.3 is 15.7 Å². The van der Waals surface area contributed by atoms with E-state index in [1.807, 2.05) is 18.2 Å². The number of aromatic hydroxyl groups is 1. The molecule has 1 amide bonds. The van der Waals surface area contributed by atoms with Crippen molar-refractivity contribution < 1.29 is 9.90 Å². The first-order valence-electron chi connectivity index (χ1n) is 6.94. The Labute approximate surface area is 124 Å². The van der Waals surface area contributed by atoms with Crippen LogP contribution in [0, 0.1) is 0 Å². The molecule has 0 aliphatic carbocycles. The van der Waals surface area contributed by atoms with Gasteiger partial charge in [0, 0.05) is 30.8 Å². The molecule has 2 rings (SSSR count). The van der Waals surface area contributed by atoms with Crippen LogP contribution in [0.1, 0.15) is 31.0 Å². The number of hydrogen-bond acceptors (Lipinski definition) is 3. The first-order chi connectivity index (χ1) is 10.1. The SMILES string of the molecule is CC(=O)Nc1ccc(O)c(CN[C@H](C)c2ccccc2)c1. The van der Waals surface area contributed by atoms with Crippen LogP contribution < -0.4 is 10.6 Å². The number of hydrogen-bond donors (Lipinski definition) is 3. The molecule has 1 atom stereocenters. The van der Waals surface area contributed by atoms with Crippen molar-refractivity contribution >= 4 is 11.6 Å². The zero-order chi connectivity index (χ0) is 15.2. The normalized spacial score (nSPS) is 11.9. The minimum absolute atomic E-state index is 0.128. The Morgan fingerprint density at radius 1 is 1.19 bits per heavy atom. The molecular weight excluding hydrogens is 264 g/mol. The summed E-state index contributed by atoms with van der Waals surface area (Å²) >= 11 is 0. The van der Waals surface area contributed by atoms with Crippen molar-refractivity contribution in [3.63, 3.8) is 0 Å². The van der Waals surface area contributed by atoms with Crippen LogP contribution in [0.5, 0.6) is 5.75 Å². The number of nitrogens with one attached hydrogen (secondary N) is 2. The second-order valence-corrected chi connectivity index (χ2v) is 5.04. The molecule has 0 saturated carbocycles. The van der Waals surface area contributed by atoms with Gasteiger partial charge in [0.1, 0.15) is 5.75 Å². The highest BCUT2D eigenvalue weighted by Gasteiger charge is 2.07. The van der Waals surface area contributed by atoms with Gasteiger partial charge in [0.25, 0.3) is 0 Å². The minimum atomic E-state index is -0.128. The number of benzene rings is 2. The third-order valence-electron chi connectivity index (χ3n) is 3.30. The molecule has 4 nitrogen and oxygen atoms in total. The summed E-state index contributed by atoms with van der Waals surface area (Å²) in [6.07, 6.45) is 0. The Balaban J connectivity index is 2.04. The van der Waals surface area contributed by atoms with E-state index in [9.17, 15) is 9.90 Å². The molecule has 4 heteroatoms. The molecule has 110 valence electrons. The molecule has 21 heavy (non-hydrogen) atoms. The molecule has 0 aliphatic rings. The van der Waals surface area contributed by atoms with Crippen LogP contribution in [-0.2, 0) is 11.3 Å². The van der Waals surface area contributed by atoms with E-state index in [4.69, 9.17) is 0 Å². The van der Waals surface area contributed by atoms with Gasteiger partial charge in [0.15, 0.2) is 0 Å². The van der Waals surface area contributed by atoms with E-state index in [2.05, 4.69) is 29.7 Å². The first-order valence-corrected chi connectivity index (χ1v) is 6.94. The van der Waals surface area contributed by atoms with Crippen LogP contribution in [0.25, 0.3) is 0 Å². The standard InChI is InChI=1S/C17H20N2O2/c1-12(14-6-4-3-5-7-14)18-11-15-10-16(19-13(2)20)8-9-17(15)21/h3-10,12,18,21H,11H2,1-2H3,(H,19,20)/t12-/m1/s1. The maximum Gasteiger partial charge on any atom is 0.221 e. The second kappa shape index (κ2) is 6.90. The van der Waals surface area contributed by atoms with E-state index in [-0.39, 0.29) is 17.7 Å². The molecule has 0 unspecified atom stereocenters. The monoisotopic (exact) mass is 284 g/mol. The van der Waals surface area contributed by atoms with Gasteiger partial charge in [-0.25, -0.2) is 0 Å². The van der Waals surface area contributed by atoms with Crippen LogP contribution in [0.2, 0.25) is 0 Å². The van der Waals surface area contributed by atoms with Crippen LogP contribution >= 0.6 is 0 Å². The number of phenolic OH excluding ortho intramolecular Hbond substituents is 1. The number of amides is 1. The molecule has 0 spiro atoms. The lowest BCUT2D eigenvalue weighted by Gasteiger charge is -2.15. The van der Waals surface area contributed by atoms with E-state index in [1.54, 1.807) is 18.2 Å². The third-order valence-corrected chi connectivity index (χ3v) is 3.30. The van der Waals surface area contributed by atoms with Gasteiger partial charge in [-0.05, 0) is 30.7 Å². The lowest BCUT2D eigenvalue weighted by atomic mass is 10.1. The summed E-state index contributed by atoms with van der Waals surface area (Å²) in [6, 6.07) is 15.3. The predicted octanol–water partition coefficient (Wildman–Crippen LogP) is 3.20. The van der Waals surface area contributed by atoms with Crippen molar-refractivity contribution in [2.24, 2.45) is 0 Å². The Kier molecular flexibility index (Phi) is 4.95. The Hall–Kier alpha value is -2.33. The molecular formula is C17H20N2O2. The van der Waals surface area contributed by atoms with Gasteiger partial charge in [-0.15, -0.1) is 0 Å². The fraction of sp³-hybridized carbons (Fsp3) is 0.235. The average Bonchev–Trinajstić information content (AvgIpc) is 2.48. The van der Waals surface area contributed by atoms with Crippen molar-refractivity contribution in [1.29, 1.82) is 0 Å². The quantitative estimate of drug-likeness (QED) is 0.739. The Morgan fingerprint density at radius 3 is 2.57 bits per heavy atom. The van der Waals surface area contributed by atoms with E-state index in [0.717, 1.165) is 5.56 Å². The van der Waals surface area contributed by atoms with Gasteiger partial charge in [-0.1, -0.05) is 30.3 Å². The molecule has 0 fully saturated rings. The molecule has 2 aromatic rings. The number of carbonyl (C=O) groups is 1. The van der Waals surface area contributed by atoms with E-state index < -0.39 is 0 Å². The fourth-order valence-electron chi connectivity index (χ4n) is 2.13. The molecule has 2 aromatic carbocycles. The van der Waals surface area contributed by atoms with Crippen molar-refractivity contribution in [1.82, 2.24) is 5.32 Å². The predicted molar refractivity (Wildman–Crippen MR) is 84.1 cm³/mol. The summed E-state index contributed by atoms with van der Waals surface area (Å²) in [6.45, 7) is 4.06. The van der Waals surface area contributed by atoms with Crippen LogP contribution in [0.15, 0.2) is 48.5 Å². The summed E-state index contributed by atoms with van der Waals surface area (Å²) in [5, 5.41) is 16.0. The molecule has 0 bridgehead atoms. The number of rotatable bonds is 5. The largest absolute Gasteiger partial charge is 0.508 e. The molecule has 3 N–H and O–H groups in total. The van der Waals surface area contributed by atoms with E-state index >= 15 is 0 Å². The summed E-state index contributed by atoms with van der Waals surface area (Å²) < 4.78 is 0. The highest BCUT2D eigenvalue weighted by atomic mass is 16.3. The summed E-state index contributed by atoms with van der Waals surface area (Å²) in [4.78, 5) is 11.1. The number of carbonyl (C=O) groups excluding carboxylic acids is 1. The van der Waals surface area contributed by atoms with Gasteiger partial charge in [-0.2, -0.15) is 0 Å². The molecule has 0 heterocycles. The van der Waals surface area contributed by atoms with Gasteiger partial charge in [-0.3, -0.25) is 4.79 Å². The van der Waals surface area contributed by atoms with Crippen molar-refractivity contribution in [2.75, 3.05) is 5.32 Å². The van der Waals surface area contributed by atoms with Gasteiger partial charge >= 0.3 is 0 Å². The minimum Gasteiger partial charge on any atom is -0.508 e. The van der Waals surface area contributed by atoms with Crippen molar-refractivity contribution in [3.8, 4) is 5.75 Å². The van der Waals surface area contributed by atoms with Crippen LogP contribution in [-0.4, -0.2) is 11.0 Å². The highest BCUT2D eigenvalue weighted by Crippen LogP contribution is 2.22. The maximum atomic E-state index is 11.1. The van der Waals surface area contributed by atoms with E-state index in [1.165, 1.54) is 12.5 Å². The third kappa shape index (κ3) is 4.33. The average molecular weight is 284 g/mol. The van der Waals surface area contributed by atoms with Crippen molar-refractivity contribution in [3.05, 3.63) is 59.7 Å². The molecule has 0 aliphatic heterocycles. The van der Waals surface area contributed by atoms with Gasteiger partial charge in [0.05, 0.1) is 0 Å². The van der Waals surface area contributed by atoms with Gasteiger partial charge in [0.2, 0.25) is 5.91 Å². The lowest BCUT2D eigenvalue weighted by Crippen LogP contribution is -2.18. The molecule has 0 aromatic heterocycles.